The van der Waals surface area contributed by atoms with Gasteiger partial charge in [-0.3, -0.25) is 9.69 Å². The third kappa shape index (κ3) is 4.51. The third-order valence-corrected chi connectivity index (χ3v) is 7.50. The van der Waals surface area contributed by atoms with Gasteiger partial charge in [-0.1, -0.05) is 61.7 Å². The number of carboxylic acids is 1. The lowest BCUT2D eigenvalue weighted by atomic mass is 9.77. The van der Waals surface area contributed by atoms with Gasteiger partial charge in [-0.05, 0) is 54.8 Å². The molecule has 1 aliphatic heterocycles. The predicted octanol–water partition coefficient (Wildman–Crippen LogP) is 5.10. The number of anilines is 1. The fourth-order valence-electron chi connectivity index (χ4n) is 5.54. The van der Waals surface area contributed by atoms with E-state index in [9.17, 15) is 19.8 Å². The van der Waals surface area contributed by atoms with Crippen molar-refractivity contribution < 1.29 is 29.3 Å². The van der Waals surface area contributed by atoms with Crippen molar-refractivity contribution in [2.45, 2.75) is 57.1 Å². The predicted molar refractivity (Wildman–Crippen MR) is 136 cm³/mol. The smallest absolute Gasteiger partial charge is 0.326 e. The van der Waals surface area contributed by atoms with Crippen LogP contribution in [0.15, 0.2) is 60.7 Å². The number of aliphatic carboxylic acids is 1. The van der Waals surface area contributed by atoms with Gasteiger partial charge in [0.25, 0.3) is 0 Å². The highest BCUT2D eigenvalue weighted by molar-refractivity contribution is 6.09. The van der Waals surface area contributed by atoms with Gasteiger partial charge < -0.3 is 19.7 Å². The van der Waals surface area contributed by atoms with E-state index in [2.05, 4.69) is 0 Å². The first-order valence-corrected chi connectivity index (χ1v) is 12.6. The summed E-state index contributed by atoms with van der Waals surface area (Å²) in [6.45, 7) is 1.60. The second-order valence-electron chi connectivity index (χ2n) is 9.70. The van der Waals surface area contributed by atoms with Crippen molar-refractivity contribution >= 4 is 28.3 Å². The van der Waals surface area contributed by atoms with Crippen molar-refractivity contribution in [3.63, 3.8) is 0 Å². The number of hydrogen-bond acceptors (Lipinski definition) is 5. The van der Waals surface area contributed by atoms with Crippen molar-refractivity contribution in [2.75, 3.05) is 11.7 Å². The van der Waals surface area contributed by atoms with E-state index in [1.165, 1.54) is 11.8 Å². The molecule has 2 N–H and O–H groups in total. The molecule has 5 rings (SSSR count). The lowest BCUT2D eigenvalue weighted by Crippen LogP contribution is -2.49. The number of fused-ring (bicyclic) bond motifs is 2. The van der Waals surface area contributed by atoms with E-state index in [-0.39, 0.29) is 12.7 Å². The number of carboxylic acid groups (broad SMARTS) is 1. The molecule has 1 amide bonds. The van der Waals surface area contributed by atoms with Crippen molar-refractivity contribution in [3.8, 4) is 11.5 Å². The maximum atomic E-state index is 14.4. The van der Waals surface area contributed by atoms with E-state index in [0.717, 1.165) is 42.9 Å². The molecule has 1 fully saturated rings. The first-order valence-electron chi connectivity index (χ1n) is 12.6. The normalized spacial score (nSPS) is 17.9. The number of carbonyl (C=O) groups is 2. The van der Waals surface area contributed by atoms with Crippen LogP contribution in [0.25, 0.3) is 10.8 Å². The van der Waals surface area contributed by atoms with Gasteiger partial charge >= 0.3 is 5.97 Å². The molecule has 0 saturated heterocycles. The summed E-state index contributed by atoms with van der Waals surface area (Å²) in [6.07, 6.45) is 3.82. The highest BCUT2D eigenvalue weighted by atomic mass is 16.7. The quantitative estimate of drug-likeness (QED) is 0.479. The van der Waals surface area contributed by atoms with Gasteiger partial charge in [0, 0.05) is 5.39 Å². The Morgan fingerprint density at radius 2 is 1.67 bits per heavy atom. The van der Waals surface area contributed by atoms with Gasteiger partial charge in [0.15, 0.2) is 11.5 Å². The zero-order chi connectivity index (χ0) is 25.2. The minimum atomic E-state index is -1.14. The summed E-state index contributed by atoms with van der Waals surface area (Å²) in [4.78, 5) is 28.0. The molecule has 1 aliphatic carbocycles. The summed E-state index contributed by atoms with van der Waals surface area (Å²) in [6, 6.07) is 17.2. The number of aliphatic hydroxyl groups excluding tert-OH is 1. The zero-order valence-corrected chi connectivity index (χ0v) is 20.3. The second kappa shape index (κ2) is 10.2. The SMILES string of the molecule is C[C@@H](C(=O)O)N(C(=O)C(c1ccc2c(c1)OCO2)C(O)C1CCCCC1)c1cccc2ccccc12. The molecule has 3 aromatic carbocycles. The molecule has 0 aromatic heterocycles. The van der Waals surface area contributed by atoms with Crippen LogP contribution in [0.1, 0.15) is 50.5 Å². The Bertz CT molecular complexity index is 1260. The molecule has 36 heavy (non-hydrogen) atoms. The Morgan fingerprint density at radius 1 is 0.944 bits per heavy atom. The van der Waals surface area contributed by atoms with E-state index in [1.54, 1.807) is 24.3 Å². The molecule has 0 bridgehead atoms. The number of aliphatic hydroxyl groups is 1. The van der Waals surface area contributed by atoms with E-state index in [4.69, 9.17) is 9.47 Å². The largest absolute Gasteiger partial charge is 0.480 e. The summed E-state index contributed by atoms with van der Waals surface area (Å²) in [5, 5.41) is 23.4. The lowest BCUT2D eigenvalue weighted by Gasteiger charge is -2.36. The van der Waals surface area contributed by atoms with Gasteiger partial charge in [-0.2, -0.15) is 0 Å². The highest BCUT2D eigenvalue weighted by Crippen LogP contribution is 2.41. The molecular formula is C29H31NO6. The molecule has 3 atom stereocenters. The standard InChI is InChI=1S/C29H31NO6/c1-18(29(33)34)30(23-13-7-11-19-8-5-6-12-22(19)23)28(32)26(27(31)20-9-3-2-4-10-20)21-14-15-24-25(16-21)36-17-35-24/h5-8,11-16,18,20,26-27,31H,2-4,9-10,17H2,1H3,(H,33,34)/t18-,26?,27?/m0/s1. The lowest BCUT2D eigenvalue weighted by molar-refractivity contribution is -0.140. The van der Waals surface area contributed by atoms with Crippen LogP contribution in [-0.4, -0.2) is 41.0 Å². The van der Waals surface area contributed by atoms with Crippen LogP contribution in [0.3, 0.4) is 0 Å². The van der Waals surface area contributed by atoms with Crippen LogP contribution in [0.2, 0.25) is 0 Å². The van der Waals surface area contributed by atoms with Crippen LogP contribution in [0.5, 0.6) is 11.5 Å². The van der Waals surface area contributed by atoms with Gasteiger partial charge in [-0.25, -0.2) is 4.79 Å². The number of nitrogens with zero attached hydrogens (tertiary/aromatic N) is 1. The van der Waals surface area contributed by atoms with Crippen LogP contribution >= 0.6 is 0 Å². The average Bonchev–Trinajstić information content (AvgIpc) is 3.37. The molecule has 1 saturated carbocycles. The Balaban J connectivity index is 1.63. The number of benzene rings is 3. The molecule has 188 valence electrons. The molecule has 3 aromatic rings. The highest BCUT2D eigenvalue weighted by Gasteiger charge is 2.41. The number of carbonyl (C=O) groups excluding carboxylic acids is 1. The fourth-order valence-corrected chi connectivity index (χ4v) is 5.54. The van der Waals surface area contributed by atoms with Crippen LogP contribution in [0.4, 0.5) is 5.69 Å². The van der Waals surface area contributed by atoms with Gasteiger partial charge in [0.05, 0.1) is 17.7 Å². The monoisotopic (exact) mass is 489 g/mol. The van der Waals surface area contributed by atoms with Gasteiger partial charge in [0.1, 0.15) is 6.04 Å². The molecule has 2 aliphatic rings. The first-order chi connectivity index (χ1) is 17.5. The van der Waals surface area contributed by atoms with Gasteiger partial charge in [0.2, 0.25) is 12.7 Å². The summed E-state index contributed by atoms with van der Waals surface area (Å²) in [5.41, 5.74) is 1.10. The third-order valence-electron chi connectivity index (χ3n) is 7.50. The molecule has 7 nitrogen and oxygen atoms in total. The molecule has 1 heterocycles. The first kappa shape index (κ1) is 24.1. The Morgan fingerprint density at radius 3 is 2.44 bits per heavy atom. The zero-order valence-electron chi connectivity index (χ0n) is 20.3. The second-order valence-corrected chi connectivity index (χ2v) is 9.70. The summed E-state index contributed by atoms with van der Waals surface area (Å²) < 4.78 is 11.0. The van der Waals surface area contributed by atoms with Crippen LogP contribution in [-0.2, 0) is 9.59 Å². The Kier molecular flexibility index (Phi) is 6.83. The van der Waals surface area contributed by atoms with E-state index >= 15 is 0 Å². The summed E-state index contributed by atoms with van der Waals surface area (Å²) in [5.74, 6) is -1.46. The van der Waals surface area contributed by atoms with Crippen molar-refractivity contribution in [3.05, 3.63) is 66.2 Å². The molecule has 0 spiro atoms. The van der Waals surface area contributed by atoms with Crippen molar-refractivity contribution in [1.29, 1.82) is 0 Å². The fraction of sp³-hybridized carbons (Fsp3) is 0.379. The minimum Gasteiger partial charge on any atom is -0.480 e. The summed E-state index contributed by atoms with van der Waals surface area (Å²) in [7, 11) is 0. The number of ether oxygens (including phenoxy) is 2. The van der Waals surface area contributed by atoms with Crippen LogP contribution < -0.4 is 14.4 Å². The van der Waals surface area contributed by atoms with E-state index in [0.29, 0.717) is 22.7 Å². The molecule has 2 unspecified atom stereocenters. The molecular weight excluding hydrogens is 458 g/mol. The number of rotatable bonds is 7. The van der Waals surface area contributed by atoms with Crippen molar-refractivity contribution in [2.24, 2.45) is 5.92 Å². The van der Waals surface area contributed by atoms with E-state index < -0.39 is 29.9 Å². The molecule has 0 radical (unpaired) electrons. The summed E-state index contributed by atoms with van der Waals surface area (Å²) >= 11 is 0. The van der Waals surface area contributed by atoms with E-state index in [1.807, 2.05) is 36.4 Å². The minimum absolute atomic E-state index is 0.0485. The number of amides is 1. The average molecular weight is 490 g/mol. The van der Waals surface area contributed by atoms with Gasteiger partial charge in [-0.15, -0.1) is 0 Å². The molecule has 7 heteroatoms. The Labute approximate surface area is 210 Å². The maximum absolute atomic E-state index is 14.4. The number of hydrogen-bond donors (Lipinski definition) is 2. The van der Waals surface area contributed by atoms with Crippen LogP contribution in [0, 0.1) is 5.92 Å². The maximum Gasteiger partial charge on any atom is 0.326 e. The Hall–Kier alpha value is -3.58. The van der Waals surface area contributed by atoms with Crippen molar-refractivity contribution in [1.82, 2.24) is 0 Å². The topological polar surface area (TPSA) is 96.3 Å².